The molecular formula is C11H21N3O. The summed E-state index contributed by atoms with van der Waals surface area (Å²) in [6.07, 6.45) is 3.06. The fourth-order valence-corrected chi connectivity index (χ4v) is 2.47. The number of nitrogens with one attached hydrogen (secondary N) is 2. The number of amides is 1. The Morgan fingerprint density at radius 2 is 2.33 bits per heavy atom. The van der Waals surface area contributed by atoms with Gasteiger partial charge in [-0.15, -0.1) is 0 Å². The molecule has 2 N–H and O–H groups in total. The van der Waals surface area contributed by atoms with E-state index < -0.39 is 0 Å². The third-order valence-electron chi connectivity index (χ3n) is 3.41. The molecule has 0 aliphatic carbocycles. The first-order valence-corrected chi connectivity index (χ1v) is 6.01. The van der Waals surface area contributed by atoms with Crippen LogP contribution in [0, 0.1) is 0 Å². The van der Waals surface area contributed by atoms with Crippen LogP contribution in [0.1, 0.15) is 26.2 Å². The van der Waals surface area contributed by atoms with E-state index >= 15 is 0 Å². The molecule has 2 atom stereocenters. The highest BCUT2D eigenvalue weighted by atomic mass is 16.2. The van der Waals surface area contributed by atoms with Gasteiger partial charge in [0.25, 0.3) is 0 Å². The van der Waals surface area contributed by atoms with Crippen molar-refractivity contribution in [2.45, 2.75) is 38.3 Å². The van der Waals surface area contributed by atoms with Crippen molar-refractivity contribution < 1.29 is 4.79 Å². The highest BCUT2D eigenvalue weighted by Crippen LogP contribution is 2.12. The standard InChI is InChI=1S/C11H21N3O/c1-9-8-12-5-6-14(9)11(15)7-10-3-2-4-13-10/h9-10,12-13H,2-8H2,1H3/t9-,10?/m0/s1. The monoisotopic (exact) mass is 211 g/mol. The van der Waals surface area contributed by atoms with E-state index in [9.17, 15) is 4.79 Å². The maximum absolute atomic E-state index is 12.0. The molecule has 2 aliphatic heterocycles. The van der Waals surface area contributed by atoms with Crippen LogP contribution in [0.15, 0.2) is 0 Å². The fourth-order valence-electron chi connectivity index (χ4n) is 2.47. The van der Waals surface area contributed by atoms with E-state index in [0.29, 0.717) is 24.4 Å². The fraction of sp³-hybridized carbons (Fsp3) is 0.909. The van der Waals surface area contributed by atoms with Crippen molar-refractivity contribution >= 4 is 5.91 Å². The van der Waals surface area contributed by atoms with Crippen molar-refractivity contribution in [2.75, 3.05) is 26.2 Å². The Kier molecular flexibility index (Phi) is 3.59. The van der Waals surface area contributed by atoms with Crippen molar-refractivity contribution in [1.29, 1.82) is 0 Å². The molecule has 0 bridgehead atoms. The summed E-state index contributed by atoms with van der Waals surface area (Å²) in [7, 11) is 0. The quantitative estimate of drug-likeness (QED) is 0.673. The summed E-state index contributed by atoms with van der Waals surface area (Å²) in [5.74, 6) is 0.323. The summed E-state index contributed by atoms with van der Waals surface area (Å²) in [4.78, 5) is 14.0. The van der Waals surface area contributed by atoms with Gasteiger partial charge in [0.15, 0.2) is 0 Å². The van der Waals surface area contributed by atoms with Crippen LogP contribution in [0.4, 0.5) is 0 Å². The van der Waals surface area contributed by atoms with E-state index in [1.54, 1.807) is 0 Å². The molecule has 2 aliphatic rings. The van der Waals surface area contributed by atoms with Crippen LogP contribution >= 0.6 is 0 Å². The van der Waals surface area contributed by atoms with Gasteiger partial charge in [0, 0.05) is 38.1 Å². The third kappa shape index (κ3) is 2.69. The molecule has 4 heteroatoms. The molecule has 0 spiro atoms. The lowest BCUT2D eigenvalue weighted by molar-refractivity contribution is -0.134. The number of rotatable bonds is 2. The highest BCUT2D eigenvalue weighted by Gasteiger charge is 2.26. The van der Waals surface area contributed by atoms with Gasteiger partial charge >= 0.3 is 0 Å². The summed E-state index contributed by atoms with van der Waals surface area (Å²) < 4.78 is 0. The van der Waals surface area contributed by atoms with E-state index in [-0.39, 0.29) is 0 Å². The number of piperazine rings is 1. The van der Waals surface area contributed by atoms with Crippen molar-refractivity contribution in [3.8, 4) is 0 Å². The van der Waals surface area contributed by atoms with Gasteiger partial charge < -0.3 is 15.5 Å². The van der Waals surface area contributed by atoms with Gasteiger partial charge in [-0.05, 0) is 26.3 Å². The smallest absolute Gasteiger partial charge is 0.224 e. The van der Waals surface area contributed by atoms with E-state index in [2.05, 4.69) is 17.6 Å². The minimum Gasteiger partial charge on any atom is -0.337 e. The third-order valence-corrected chi connectivity index (χ3v) is 3.41. The number of carbonyl (C=O) groups is 1. The van der Waals surface area contributed by atoms with Crippen LogP contribution in [-0.4, -0.2) is 49.1 Å². The molecular weight excluding hydrogens is 190 g/mol. The SMILES string of the molecule is C[C@H]1CNCCN1C(=O)CC1CCCN1. The normalized spacial score (nSPS) is 31.9. The van der Waals surface area contributed by atoms with Crippen LogP contribution in [0.25, 0.3) is 0 Å². The largest absolute Gasteiger partial charge is 0.337 e. The van der Waals surface area contributed by atoms with Gasteiger partial charge in [0.2, 0.25) is 5.91 Å². The molecule has 2 saturated heterocycles. The minimum atomic E-state index is 0.323. The summed E-state index contributed by atoms with van der Waals surface area (Å²) in [5.41, 5.74) is 0. The van der Waals surface area contributed by atoms with Gasteiger partial charge in [0.1, 0.15) is 0 Å². The van der Waals surface area contributed by atoms with Crippen molar-refractivity contribution in [3.05, 3.63) is 0 Å². The van der Waals surface area contributed by atoms with Gasteiger partial charge in [0.05, 0.1) is 0 Å². The summed E-state index contributed by atoms with van der Waals surface area (Å²) in [6.45, 7) is 5.94. The van der Waals surface area contributed by atoms with E-state index in [1.165, 1.54) is 6.42 Å². The molecule has 2 rings (SSSR count). The van der Waals surface area contributed by atoms with Crippen molar-refractivity contribution in [2.24, 2.45) is 0 Å². The molecule has 0 radical (unpaired) electrons. The summed E-state index contributed by atoms with van der Waals surface area (Å²) >= 11 is 0. The van der Waals surface area contributed by atoms with Gasteiger partial charge in [-0.2, -0.15) is 0 Å². The lowest BCUT2D eigenvalue weighted by Crippen LogP contribution is -2.53. The zero-order chi connectivity index (χ0) is 10.7. The average molecular weight is 211 g/mol. The van der Waals surface area contributed by atoms with Crippen LogP contribution in [-0.2, 0) is 4.79 Å². The summed E-state index contributed by atoms with van der Waals surface area (Å²) in [5, 5.41) is 6.68. The molecule has 2 fully saturated rings. The first-order chi connectivity index (χ1) is 7.27. The van der Waals surface area contributed by atoms with Crippen LogP contribution in [0.2, 0.25) is 0 Å². The van der Waals surface area contributed by atoms with Crippen LogP contribution in [0.3, 0.4) is 0 Å². The predicted octanol–water partition coefficient (Wildman–Crippen LogP) is -0.0512. The first-order valence-electron chi connectivity index (χ1n) is 6.01. The zero-order valence-electron chi connectivity index (χ0n) is 9.46. The zero-order valence-corrected chi connectivity index (χ0v) is 9.46. The topological polar surface area (TPSA) is 44.4 Å². The Morgan fingerprint density at radius 3 is 3.00 bits per heavy atom. The van der Waals surface area contributed by atoms with E-state index in [0.717, 1.165) is 32.6 Å². The van der Waals surface area contributed by atoms with Crippen LogP contribution in [0.5, 0.6) is 0 Å². The molecule has 0 aromatic heterocycles. The number of nitrogens with zero attached hydrogens (tertiary/aromatic N) is 1. The Morgan fingerprint density at radius 1 is 1.47 bits per heavy atom. The molecule has 86 valence electrons. The Hall–Kier alpha value is -0.610. The maximum Gasteiger partial charge on any atom is 0.224 e. The molecule has 1 amide bonds. The van der Waals surface area contributed by atoms with E-state index in [1.807, 2.05) is 4.90 Å². The van der Waals surface area contributed by atoms with Gasteiger partial charge in [-0.25, -0.2) is 0 Å². The molecule has 4 nitrogen and oxygen atoms in total. The molecule has 0 saturated carbocycles. The summed E-state index contributed by atoms with van der Waals surface area (Å²) in [6, 6.07) is 0.784. The predicted molar refractivity (Wildman–Crippen MR) is 59.7 cm³/mol. The first kappa shape index (κ1) is 10.9. The molecule has 2 heterocycles. The second kappa shape index (κ2) is 4.94. The Bertz CT molecular complexity index is 226. The average Bonchev–Trinajstić information content (AvgIpc) is 2.71. The lowest BCUT2D eigenvalue weighted by atomic mass is 10.1. The lowest BCUT2D eigenvalue weighted by Gasteiger charge is -2.34. The van der Waals surface area contributed by atoms with Crippen molar-refractivity contribution in [3.63, 3.8) is 0 Å². The van der Waals surface area contributed by atoms with Gasteiger partial charge in [-0.3, -0.25) is 4.79 Å². The number of hydrogen-bond acceptors (Lipinski definition) is 3. The Labute approximate surface area is 91.4 Å². The molecule has 1 unspecified atom stereocenters. The molecule has 0 aromatic rings. The molecule has 0 aromatic carbocycles. The minimum absolute atomic E-state index is 0.323. The van der Waals surface area contributed by atoms with Gasteiger partial charge in [-0.1, -0.05) is 0 Å². The van der Waals surface area contributed by atoms with E-state index in [4.69, 9.17) is 0 Å². The van der Waals surface area contributed by atoms with Crippen molar-refractivity contribution in [1.82, 2.24) is 15.5 Å². The second-order valence-electron chi connectivity index (χ2n) is 4.64. The maximum atomic E-state index is 12.0. The number of carbonyl (C=O) groups excluding carboxylic acids is 1. The van der Waals surface area contributed by atoms with Crippen LogP contribution < -0.4 is 10.6 Å². The molecule has 15 heavy (non-hydrogen) atoms. The Balaban J connectivity index is 1.83. The second-order valence-corrected chi connectivity index (χ2v) is 4.64. The highest BCUT2D eigenvalue weighted by molar-refractivity contribution is 5.77. The number of hydrogen-bond donors (Lipinski definition) is 2.